The van der Waals surface area contributed by atoms with Gasteiger partial charge in [-0.1, -0.05) is 52.5 Å². The lowest BCUT2D eigenvalue weighted by Gasteiger charge is -2.06. The molecule has 0 fully saturated rings. The highest BCUT2D eigenvalue weighted by atomic mass is 79.9. The topological polar surface area (TPSA) is 25.8 Å². The molecule has 0 saturated heterocycles. The molecule has 5 heteroatoms. The number of halogens is 3. The summed E-state index contributed by atoms with van der Waals surface area (Å²) in [5.41, 5.74) is 1.72. The van der Waals surface area contributed by atoms with Gasteiger partial charge in [-0.05, 0) is 30.7 Å². The van der Waals surface area contributed by atoms with E-state index in [1.54, 1.807) is 6.07 Å². The van der Waals surface area contributed by atoms with E-state index in [2.05, 4.69) is 32.8 Å². The molecule has 0 radical (unpaired) electrons. The maximum absolute atomic E-state index is 6.17. The second-order valence-electron chi connectivity index (χ2n) is 3.88. The van der Waals surface area contributed by atoms with Gasteiger partial charge >= 0.3 is 0 Å². The zero-order chi connectivity index (χ0) is 13.1. The lowest BCUT2D eigenvalue weighted by molar-refractivity contribution is 0.875. The minimum atomic E-state index is 0.444. The van der Waals surface area contributed by atoms with Crippen molar-refractivity contribution in [1.29, 1.82) is 0 Å². The molecule has 2 nitrogen and oxygen atoms in total. The van der Waals surface area contributed by atoms with Gasteiger partial charge in [0.1, 0.15) is 5.15 Å². The largest absolute Gasteiger partial charge is 0.233 e. The minimum Gasteiger partial charge on any atom is -0.233 e. The van der Waals surface area contributed by atoms with E-state index in [9.17, 15) is 0 Å². The van der Waals surface area contributed by atoms with Crippen molar-refractivity contribution in [3.05, 3.63) is 44.6 Å². The maximum Gasteiger partial charge on any atom is 0.162 e. The van der Waals surface area contributed by atoms with Crippen molar-refractivity contribution >= 4 is 39.1 Å². The molecule has 1 heterocycles. The number of hydrogen-bond donors (Lipinski definition) is 0. The molecule has 0 saturated carbocycles. The summed E-state index contributed by atoms with van der Waals surface area (Å²) in [4.78, 5) is 8.73. The first-order valence-electron chi connectivity index (χ1n) is 5.59. The Morgan fingerprint density at radius 2 is 1.94 bits per heavy atom. The highest BCUT2D eigenvalue weighted by molar-refractivity contribution is 9.10. The van der Waals surface area contributed by atoms with Crippen molar-refractivity contribution < 1.29 is 0 Å². The molecule has 94 valence electrons. The van der Waals surface area contributed by atoms with Crippen molar-refractivity contribution in [3.8, 4) is 11.4 Å². The Bertz CT molecular complexity index is 573. The summed E-state index contributed by atoms with van der Waals surface area (Å²) < 4.78 is 0.933. The fourth-order valence-electron chi connectivity index (χ4n) is 1.64. The zero-order valence-corrected chi connectivity index (χ0v) is 12.8. The molecule has 1 aromatic heterocycles. The molecule has 18 heavy (non-hydrogen) atoms. The normalized spacial score (nSPS) is 10.7. The lowest BCUT2D eigenvalue weighted by atomic mass is 10.2. The standard InChI is InChI=1S/C13H11BrCl2N2/c1-2-3-9-7-12(16)18-13(17-9)10-6-8(14)4-5-11(10)15/h4-7H,2-3H2,1H3. The van der Waals surface area contributed by atoms with Gasteiger partial charge in [-0.2, -0.15) is 0 Å². The quantitative estimate of drug-likeness (QED) is 0.717. The van der Waals surface area contributed by atoms with Gasteiger partial charge in [-0.3, -0.25) is 0 Å². The van der Waals surface area contributed by atoms with Crippen LogP contribution in [0.2, 0.25) is 10.2 Å². The van der Waals surface area contributed by atoms with E-state index in [4.69, 9.17) is 23.2 Å². The molecular formula is C13H11BrCl2N2. The van der Waals surface area contributed by atoms with Crippen LogP contribution in [-0.4, -0.2) is 9.97 Å². The summed E-state index contributed by atoms with van der Waals surface area (Å²) in [6.07, 6.45) is 1.89. The second-order valence-corrected chi connectivity index (χ2v) is 5.59. The van der Waals surface area contributed by atoms with Crippen LogP contribution >= 0.6 is 39.1 Å². The van der Waals surface area contributed by atoms with Crippen LogP contribution in [0.4, 0.5) is 0 Å². The Balaban J connectivity index is 2.52. The van der Waals surface area contributed by atoms with Crippen molar-refractivity contribution in [3.63, 3.8) is 0 Å². The lowest BCUT2D eigenvalue weighted by Crippen LogP contribution is -1.96. The molecule has 0 amide bonds. The number of nitrogens with zero attached hydrogens (tertiary/aromatic N) is 2. The van der Waals surface area contributed by atoms with Crippen molar-refractivity contribution in [2.24, 2.45) is 0 Å². The first-order valence-corrected chi connectivity index (χ1v) is 7.14. The Hall–Kier alpha value is -0.640. The molecule has 1 aromatic carbocycles. The van der Waals surface area contributed by atoms with Gasteiger partial charge in [0.2, 0.25) is 0 Å². The molecule has 0 aliphatic carbocycles. The third kappa shape index (κ3) is 3.22. The highest BCUT2D eigenvalue weighted by Gasteiger charge is 2.10. The summed E-state index contributed by atoms with van der Waals surface area (Å²) in [5.74, 6) is 0.567. The number of aromatic nitrogens is 2. The summed E-state index contributed by atoms with van der Waals surface area (Å²) in [6, 6.07) is 7.37. The van der Waals surface area contributed by atoms with Crippen LogP contribution in [0, 0.1) is 0 Å². The average Bonchev–Trinajstić information content (AvgIpc) is 2.32. The third-order valence-corrected chi connectivity index (χ3v) is 3.44. The molecule has 0 aliphatic rings. The van der Waals surface area contributed by atoms with Crippen LogP contribution in [0.1, 0.15) is 19.0 Å². The molecule has 0 atom stereocenters. The van der Waals surface area contributed by atoms with Crippen LogP contribution in [-0.2, 0) is 6.42 Å². The van der Waals surface area contributed by atoms with Crippen LogP contribution < -0.4 is 0 Å². The summed E-state index contributed by atoms with van der Waals surface area (Å²) in [6.45, 7) is 2.10. The molecule has 2 rings (SSSR count). The van der Waals surface area contributed by atoms with E-state index in [-0.39, 0.29) is 0 Å². The number of aryl methyl sites for hydroxylation is 1. The van der Waals surface area contributed by atoms with E-state index in [0.29, 0.717) is 16.0 Å². The van der Waals surface area contributed by atoms with Crippen LogP contribution in [0.3, 0.4) is 0 Å². The van der Waals surface area contributed by atoms with Gasteiger partial charge in [-0.25, -0.2) is 9.97 Å². The number of rotatable bonds is 3. The summed E-state index contributed by atoms with van der Waals surface area (Å²) in [7, 11) is 0. The van der Waals surface area contributed by atoms with Crippen molar-refractivity contribution in [2.45, 2.75) is 19.8 Å². The monoisotopic (exact) mass is 344 g/mol. The van der Waals surface area contributed by atoms with Crippen LogP contribution in [0.15, 0.2) is 28.7 Å². The summed E-state index contributed by atoms with van der Waals surface area (Å²) >= 11 is 15.6. The van der Waals surface area contributed by atoms with E-state index in [0.717, 1.165) is 28.6 Å². The predicted molar refractivity (Wildman–Crippen MR) is 79.2 cm³/mol. The molecule has 0 unspecified atom stereocenters. The molecule has 0 bridgehead atoms. The first kappa shape index (κ1) is 13.8. The molecule has 0 N–H and O–H groups in total. The summed E-state index contributed by atoms with van der Waals surface area (Å²) in [5, 5.41) is 1.06. The SMILES string of the molecule is CCCc1cc(Cl)nc(-c2cc(Br)ccc2Cl)n1. The number of benzene rings is 1. The fraction of sp³-hybridized carbons (Fsp3) is 0.231. The maximum atomic E-state index is 6.17. The highest BCUT2D eigenvalue weighted by Crippen LogP contribution is 2.29. The predicted octanol–water partition coefficient (Wildman–Crippen LogP) is 5.17. The average molecular weight is 346 g/mol. The van der Waals surface area contributed by atoms with E-state index >= 15 is 0 Å². The van der Waals surface area contributed by atoms with Gasteiger partial charge in [0.05, 0.1) is 5.02 Å². The molecule has 2 aromatic rings. The van der Waals surface area contributed by atoms with E-state index < -0.39 is 0 Å². The van der Waals surface area contributed by atoms with Gasteiger partial charge in [0, 0.05) is 15.7 Å². The third-order valence-electron chi connectivity index (χ3n) is 2.42. The van der Waals surface area contributed by atoms with Crippen LogP contribution in [0.5, 0.6) is 0 Å². The Labute approximate surface area is 124 Å². The Morgan fingerprint density at radius 1 is 1.17 bits per heavy atom. The Morgan fingerprint density at radius 3 is 2.67 bits per heavy atom. The second kappa shape index (κ2) is 6.00. The first-order chi connectivity index (χ1) is 8.60. The van der Waals surface area contributed by atoms with E-state index in [1.807, 2.05) is 18.2 Å². The molecule has 0 spiro atoms. The zero-order valence-electron chi connectivity index (χ0n) is 9.75. The minimum absolute atomic E-state index is 0.444. The fourth-order valence-corrected chi connectivity index (χ4v) is 2.41. The van der Waals surface area contributed by atoms with Gasteiger partial charge in [0.15, 0.2) is 5.82 Å². The van der Waals surface area contributed by atoms with Gasteiger partial charge in [0.25, 0.3) is 0 Å². The molecular weight excluding hydrogens is 335 g/mol. The van der Waals surface area contributed by atoms with Crippen molar-refractivity contribution in [2.75, 3.05) is 0 Å². The van der Waals surface area contributed by atoms with Gasteiger partial charge < -0.3 is 0 Å². The van der Waals surface area contributed by atoms with Crippen molar-refractivity contribution in [1.82, 2.24) is 9.97 Å². The Kier molecular flexibility index (Phi) is 4.60. The van der Waals surface area contributed by atoms with Gasteiger partial charge in [-0.15, -0.1) is 0 Å². The van der Waals surface area contributed by atoms with E-state index in [1.165, 1.54) is 0 Å². The smallest absolute Gasteiger partial charge is 0.162 e. The van der Waals surface area contributed by atoms with Crippen LogP contribution in [0.25, 0.3) is 11.4 Å². The number of hydrogen-bond acceptors (Lipinski definition) is 2. The molecule has 0 aliphatic heterocycles.